The maximum Gasteiger partial charge on any atom is 0.329 e. The first-order valence-corrected chi connectivity index (χ1v) is 11.0. The maximum absolute atomic E-state index is 12.0. The maximum atomic E-state index is 12.0. The Bertz CT molecular complexity index is 941. The fourth-order valence-electron chi connectivity index (χ4n) is 3.60. The van der Waals surface area contributed by atoms with Crippen molar-refractivity contribution in [3.8, 4) is 0 Å². The fourth-order valence-corrected chi connectivity index (χ4v) is 3.60. The fraction of sp³-hybridized carbons (Fsp3) is 0.714. The lowest BCUT2D eigenvalue weighted by atomic mass is 10.1. The standard InChI is InChI=1S/C21H36N6O3/c1-15(22)19(28)23-14-12-10-8-6-4-5-7-9-11-13-16-24-18-17(26(16)2)20(29)25-21(30)27(18)3/h15H,4-14,22H2,1-3H3,(H,23,28)(H,25,29,30). The van der Waals surface area contributed by atoms with Crippen LogP contribution in [0.1, 0.15) is 70.5 Å². The normalized spacial score (nSPS) is 12.4. The van der Waals surface area contributed by atoms with Gasteiger partial charge < -0.3 is 15.6 Å². The molecule has 1 atom stereocenters. The van der Waals surface area contributed by atoms with E-state index in [1.165, 1.54) is 36.7 Å². The summed E-state index contributed by atoms with van der Waals surface area (Å²) in [5.41, 5.74) is 5.57. The summed E-state index contributed by atoms with van der Waals surface area (Å²) in [6, 6.07) is -0.433. The molecule has 0 spiro atoms. The van der Waals surface area contributed by atoms with Gasteiger partial charge in [-0.05, 0) is 19.8 Å². The molecule has 9 heteroatoms. The van der Waals surface area contributed by atoms with Crippen LogP contribution < -0.4 is 22.3 Å². The van der Waals surface area contributed by atoms with Crippen LogP contribution in [0.15, 0.2) is 9.59 Å². The molecule has 0 aliphatic heterocycles. The number of nitrogens with two attached hydrogens (primary N) is 1. The van der Waals surface area contributed by atoms with Gasteiger partial charge in [-0.15, -0.1) is 0 Å². The number of amides is 1. The quantitative estimate of drug-likeness (QED) is 0.423. The Morgan fingerprint density at radius 3 is 2.17 bits per heavy atom. The third-order valence-electron chi connectivity index (χ3n) is 5.52. The Balaban J connectivity index is 1.57. The number of nitrogens with zero attached hydrogens (tertiary/aromatic N) is 3. The minimum Gasteiger partial charge on any atom is -0.355 e. The molecule has 9 nitrogen and oxygen atoms in total. The van der Waals surface area contributed by atoms with Crippen LogP contribution in [0.4, 0.5) is 0 Å². The number of imidazole rings is 1. The summed E-state index contributed by atoms with van der Waals surface area (Å²) in [5.74, 6) is 0.761. The van der Waals surface area contributed by atoms with E-state index in [2.05, 4.69) is 15.3 Å². The summed E-state index contributed by atoms with van der Waals surface area (Å²) in [4.78, 5) is 41.9. The first kappa shape index (κ1) is 23.9. The molecule has 0 fully saturated rings. The van der Waals surface area contributed by atoms with E-state index in [-0.39, 0.29) is 11.5 Å². The van der Waals surface area contributed by atoms with E-state index >= 15 is 0 Å². The van der Waals surface area contributed by atoms with Crippen molar-refractivity contribution in [1.82, 2.24) is 24.4 Å². The second kappa shape index (κ2) is 11.7. The molecule has 0 saturated heterocycles. The van der Waals surface area contributed by atoms with Crippen molar-refractivity contribution in [1.29, 1.82) is 0 Å². The van der Waals surface area contributed by atoms with Crippen LogP contribution in [-0.2, 0) is 25.3 Å². The number of rotatable bonds is 13. The highest BCUT2D eigenvalue weighted by molar-refractivity contribution is 5.80. The van der Waals surface area contributed by atoms with E-state index in [1.54, 1.807) is 18.5 Å². The van der Waals surface area contributed by atoms with Gasteiger partial charge >= 0.3 is 5.69 Å². The molecule has 0 aliphatic rings. The van der Waals surface area contributed by atoms with Crippen LogP contribution in [0, 0.1) is 0 Å². The van der Waals surface area contributed by atoms with Gasteiger partial charge in [0.15, 0.2) is 11.2 Å². The molecule has 30 heavy (non-hydrogen) atoms. The number of unbranched alkanes of at least 4 members (excludes halogenated alkanes) is 8. The first-order chi connectivity index (χ1) is 14.3. The van der Waals surface area contributed by atoms with Crippen molar-refractivity contribution >= 4 is 17.1 Å². The van der Waals surface area contributed by atoms with Crippen molar-refractivity contribution in [2.75, 3.05) is 6.54 Å². The molecule has 0 aliphatic carbocycles. The Hall–Kier alpha value is -2.42. The molecule has 2 heterocycles. The van der Waals surface area contributed by atoms with Crippen LogP contribution in [0.25, 0.3) is 11.2 Å². The summed E-state index contributed by atoms with van der Waals surface area (Å²) in [6.07, 6.45) is 11.1. The summed E-state index contributed by atoms with van der Waals surface area (Å²) < 4.78 is 3.18. The first-order valence-electron chi connectivity index (χ1n) is 11.0. The summed E-state index contributed by atoms with van der Waals surface area (Å²) in [7, 11) is 3.44. The predicted molar refractivity (Wildman–Crippen MR) is 118 cm³/mol. The second-order valence-corrected chi connectivity index (χ2v) is 8.09. The van der Waals surface area contributed by atoms with Crippen molar-refractivity contribution in [2.45, 2.75) is 77.2 Å². The number of fused-ring (bicyclic) bond motifs is 1. The van der Waals surface area contributed by atoms with Crippen LogP contribution in [0.2, 0.25) is 0 Å². The molecule has 2 aromatic heterocycles. The van der Waals surface area contributed by atoms with Gasteiger partial charge in [0.1, 0.15) is 5.82 Å². The number of carbonyl (C=O) groups is 1. The molecular formula is C21H36N6O3. The summed E-state index contributed by atoms with van der Waals surface area (Å²) in [5, 5.41) is 2.84. The van der Waals surface area contributed by atoms with Crippen LogP contribution in [0.5, 0.6) is 0 Å². The molecule has 1 unspecified atom stereocenters. The van der Waals surface area contributed by atoms with E-state index in [0.717, 1.165) is 37.9 Å². The molecule has 0 bridgehead atoms. The third kappa shape index (κ3) is 6.55. The number of aromatic amines is 1. The predicted octanol–water partition coefficient (Wildman–Crippen LogP) is 1.48. The van der Waals surface area contributed by atoms with Gasteiger partial charge in [-0.1, -0.05) is 44.9 Å². The minimum absolute atomic E-state index is 0.0792. The van der Waals surface area contributed by atoms with E-state index in [9.17, 15) is 14.4 Å². The van der Waals surface area contributed by atoms with Crippen molar-refractivity contribution < 1.29 is 4.79 Å². The van der Waals surface area contributed by atoms with Gasteiger partial charge in [0.2, 0.25) is 5.91 Å². The summed E-state index contributed by atoms with van der Waals surface area (Å²) in [6.45, 7) is 2.40. The monoisotopic (exact) mass is 420 g/mol. The van der Waals surface area contributed by atoms with Crippen molar-refractivity contribution in [2.24, 2.45) is 19.8 Å². The molecule has 2 aromatic rings. The Morgan fingerprint density at radius 2 is 1.57 bits per heavy atom. The number of aryl methyl sites for hydroxylation is 3. The smallest absolute Gasteiger partial charge is 0.329 e. The number of nitrogens with one attached hydrogen (secondary N) is 2. The number of hydrogen-bond acceptors (Lipinski definition) is 5. The lowest BCUT2D eigenvalue weighted by molar-refractivity contribution is -0.121. The number of hydrogen-bond donors (Lipinski definition) is 3. The highest BCUT2D eigenvalue weighted by Crippen LogP contribution is 2.14. The van der Waals surface area contributed by atoms with E-state index in [4.69, 9.17) is 5.73 Å². The molecule has 168 valence electrons. The van der Waals surface area contributed by atoms with Crippen molar-refractivity contribution in [3.63, 3.8) is 0 Å². The molecule has 0 saturated carbocycles. The van der Waals surface area contributed by atoms with Gasteiger partial charge in [-0.2, -0.15) is 0 Å². The van der Waals surface area contributed by atoms with E-state index < -0.39 is 11.7 Å². The minimum atomic E-state index is -0.438. The Morgan fingerprint density at radius 1 is 1.00 bits per heavy atom. The van der Waals surface area contributed by atoms with Crippen LogP contribution in [0.3, 0.4) is 0 Å². The molecule has 1 amide bonds. The number of H-pyrrole nitrogens is 1. The zero-order valence-corrected chi connectivity index (χ0v) is 18.5. The molecule has 0 radical (unpaired) electrons. The van der Waals surface area contributed by atoms with Crippen molar-refractivity contribution in [3.05, 3.63) is 26.7 Å². The van der Waals surface area contributed by atoms with Gasteiger partial charge in [-0.25, -0.2) is 9.78 Å². The molecular weight excluding hydrogens is 384 g/mol. The second-order valence-electron chi connectivity index (χ2n) is 8.09. The third-order valence-corrected chi connectivity index (χ3v) is 5.52. The van der Waals surface area contributed by atoms with Crippen LogP contribution >= 0.6 is 0 Å². The zero-order chi connectivity index (χ0) is 22.1. The Labute approximate surface area is 177 Å². The Kier molecular flexibility index (Phi) is 9.29. The van der Waals surface area contributed by atoms with Gasteiger partial charge in [0.05, 0.1) is 6.04 Å². The van der Waals surface area contributed by atoms with Gasteiger partial charge in [0, 0.05) is 27.1 Å². The largest absolute Gasteiger partial charge is 0.355 e. The van der Waals surface area contributed by atoms with E-state index in [0.29, 0.717) is 17.7 Å². The molecule has 0 aromatic carbocycles. The number of aromatic nitrogens is 4. The molecule has 4 N–H and O–H groups in total. The zero-order valence-electron chi connectivity index (χ0n) is 18.5. The highest BCUT2D eigenvalue weighted by atomic mass is 16.2. The summed E-state index contributed by atoms with van der Waals surface area (Å²) >= 11 is 0. The average Bonchev–Trinajstić information content (AvgIpc) is 3.03. The highest BCUT2D eigenvalue weighted by Gasteiger charge is 2.14. The average molecular weight is 421 g/mol. The molecule has 2 rings (SSSR count). The lowest BCUT2D eigenvalue weighted by Gasteiger charge is -2.07. The van der Waals surface area contributed by atoms with Gasteiger partial charge in [-0.3, -0.25) is 19.1 Å². The topological polar surface area (TPSA) is 128 Å². The van der Waals surface area contributed by atoms with E-state index in [1.807, 2.05) is 7.05 Å². The lowest BCUT2D eigenvalue weighted by Crippen LogP contribution is -2.38. The van der Waals surface area contributed by atoms with Gasteiger partial charge in [0.25, 0.3) is 5.56 Å². The van der Waals surface area contributed by atoms with Crippen LogP contribution in [-0.4, -0.2) is 37.6 Å². The SMILES string of the molecule is CC(N)C(=O)NCCCCCCCCCCCc1nc2c(c(=O)[nH]c(=O)n2C)n1C. The number of carbonyl (C=O) groups excluding carboxylic acids is 1.